The van der Waals surface area contributed by atoms with Crippen molar-refractivity contribution < 1.29 is 8.94 Å². The van der Waals surface area contributed by atoms with Gasteiger partial charge in [-0.2, -0.15) is 4.98 Å². The van der Waals surface area contributed by atoms with Gasteiger partial charge in [0.25, 0.3) is 0 Å². The lowest BCUT2D eigenvalue weighted by Crippen LogP contribution is -2.08. The number of aryl methyl sites for hydroxylation is 1. The van der Waals surface area contributed by atoms with E-state index < -0.39 is 0 Å². The van der Waals surface area contributed by atoms with Crippen LogP contribution >= 0.6 is 0 Å². The van der Waals surface area contributed by atoms with E-state index in [1.54, 1.807) is 12.3 Å². The Labute approximate surface area is 87.3 Å². The van der Waals surface area contributed by atoms with E-state index in [1.165, 1.54) is 0 Å². The van der Waals surface area contributed by atoms with Gasteiger partial charge in [0, 0.05) is 0 Å². The van der Waals surface area contributed by atoms with Crippen LogP contribution in [0.15, 0.2) is 21.3 Å². The minimum atomic E-state index is -0.196. The molecule has 0 saturated heterocycles. The third-order valence-corrected chi connectivity index (χ3v) is 2.30. The van der Waals surface area contributed by atoms with Crippen molar-refractivity contribution in [3.05, 3.63) is 24.0 Å². The summed E-state index contributed by atoms with van der Waals surface area (Å²) in [7, 11) is 0. The highest BCUT2D eigenvalue weighted by atomic mass is 16.5. The second kappa shape index (κ2) is 3.86. The fourth-order valence-electron chi connectivity index (χ4n) is 1.29. The molecule has 0 fully saturated rings. The molecule has 2 aromatic heterocycles. The van der Waals surface area contributed by atoms with Gasteiger partial charge >= 0.3 is 0 Å². The molecule has 2 aromatic rings. The summed E-state index contributed by atoms with van der Waals surface area (Å²) in [4.78, 5) is 4.22. The second-order valence-corrected chi connectivity index (χ2v) is 3.36. The van der Waals surface area contributed by atoms with E-state index in [0.717, 1.165) is 17.7 Å². The second-order valence-electron chi connectivity index (χ2n) is 3.36. The van der Waals surface area contributed by atoms with Crippen LogP contribution in [-0.4, -0.2) is 10.1 Å². The fraction of sp³-hybridized carbons (Fsp3) is 0.400. The van der Waals surface area contributed by atoms with E-state index in [4.69, 9.17) is 14.7 Å². The van der Waals surface area contributed by atoms with Gasteiger partial charge in [-0.1, -0.05) is 12.1 Å². The van der Waals surface area contributed by atoms with Crippen molar-refractivity contribution >= 4 is 0 Å². The number of aromatic nitrogens is 2. The maximum Gasteiger partial charge on any atom is 0.243 e. The van der Waals surface area contributed by atoms with Crippen molar-refractivity contribution in [1.29, 1.82) is 0 Å². The number of hydrogen-bond donors (Lipinski definition) is 1. The Hall–Kier alpha value is -1.62. The Morgan fingerprint density at radius 1 is 1.53 bits per heavy atom. The molecule has 0 saturated carbocycles. The van der Waals surface area contributed by atoms with Crippen LogP contribution in [0.25, 0.3) is 11.4 Å². The summed E-state index contributed by atoms with van der Waals surface area (Å²) in [6.07, 6.45) is 2.37. The first kappa shape index (κ1) is 9.92. The lowest BCUT2D eigenvalue weighted by molar-refractivity contribution is 0.352. The molecule has 0 amide bonds. The maximum atomic E-state index is 5.78. The van der Waals surface area contributed by atoms with Crippen LogP contribution in [0.2, 0.25) is 0 Å². The third kappa shape index (κ3) is 1.78. The topological polar surface area (TPSA) is 78.1 Å². The number of hydrogen-bond acceptors (Lipinski definition) is 5. The van der Waals surface area contributed by atoms with Crippen LogP contribution in [0, 0.1) is 6.92 Å². The van der Waals surface area contributed by atoms with Gasteiger partial charge < -0.3 is 14.7 Å². The van der Waals surface area contributed by atoms with Crippen LogP contribution < -0.4 is 5.73 Å². The summed E-state index contributed by atoms with van der Waals surface area (Å²) in [5, 5.41) is 3.86. The van der Waals surface area contributed by atoms with Gasteiger partial charge in [-0.15, -0.1) is 0 Å². The first-order valence-corrected chi connectivity index (χ1v) is 4.86. The fourth-order valence-corrected chi connectivity index (χ4v) is 1.29. The van der Waals surface area contributed by atoms with E-state index in [0.29, 0.717) is 11.7 Å². The Morgan fingerprint density at radius 2 is 2.33 bits per heavy atom. The van der Waals surface area contributed by atoms with Crippen molar-refractivity contribution in [3.63, 3.8) is 0 Å². The van der Waals surface area contributed by atoms with E-state index >= 15 is 0 Å². The van der Waals surface area contributed by atoms with Gasteiger partial charge in [-0.05, 0) is 19.4 Å². The minimum Gasteiger partial charge on any atom is -0.469 e. The van der Waals surface area contributed by atoms with Crippen LogP contribution in [0.1, 0.15) is 31.0 Å². The molecule has 2 N–H and O–H groups in total. The molecule has 0 aliphatic carbocycles. The molecule has 0 aliphatic heterocycles. The zero-order valence-corrected chi connectivity index (χ0v) is 8.73. The molecule has 0 bridgehead atoms. The normalized spacial score (nSPS) is 13.0. The molecular weight excluding hydrogens is 194 g/mol. The van der Waals surface area contributed by atoms with E-state index in [2.05, 4.69) is 10.1 Å². The van der Waals surface area contributed by atoms with Gasteiger partial charge in [0.1, 0.15) is 5.76 Å². The van der Waals surface area contributed by atoms with E-state index in [-0.39, 0.29) is 6.04 Å². The van der Waals surface area contributed by atoms with E-state index in [1.807, 2.05) is 13.8 Å². The predicted molar refractivity (Wildman–Crippen MR) is 54.0 cm³/mol. The first-order valence-electron chi connectivity index (χ1n) is 4.86. The average Bonchev–Trinajstić information content (AvgIpc) is 2.84. The molecule has 5 nitrogen and oxygen atoms in total. The summed E-state index contributed by atoms with van der Waals surface area (Å²) in [5.74, 6) is 1.76. The summed E-state index contributed by atoms with van der Waals surface area (Å²) in [6, 6.07) is 1.61. The number of furan rings is 1. The number of nitrogens with zero attached hydrogens (tertiary/aromatic N) is 2. The SMILES string of the molecule is CC[C@H](N)c1nc(-c2ccoc2C)no1. The van der Waals surface area contributed by atoms with Crippen molar-refractivity contribution in [2.75, 3.05) is 0 Å². The molecule has 0 aliphatic rings. The molecule has 0 aromatic carbocycles. The van der Waals surface area contributed by atoms with Crippen LogP contribution in [0.5, 0.6) is 0 Å². The van der Waals surface area contributed by atoms with Gasteiger partial charge in [0.15, 0.2) is 0 Å². The Bertz CT molecular complexity index is 447. The summed E-state index contributed by atoms with van der Waals surface area (Å²) in [6.45, 7) is 3.82. The molecule has 80 valence electrons. The first-order chi connectivity index (χ1) is 7.22. The summed E-state index contributed by atoms with van der Waals surface area (Å²) >= 11 is 0. The van der Waals surface area contributed by atoms with Gasteiger partial charge in [0.05, 0.1) is 17.9 Å². The molecule has 0 spiro atoms. The molecule has 5 heteroatoms. The largest absolute Gasteiger partial charge is 0.469 e. The third-order valence-electron chi connectivity index (χ3n) is 2.30. The van der Waals surface area contributed by atoms with Crippen LogP contribution in [-0.2, 0) is 0 Å². The Kier molecular flexibility index (Phi) is 2.55. The summed E-state index contributed by atoms with van der Waals surface area (Å²) in [5.41, 5.74) is 6.62. The minimum absolute atomic E-state index is 0.196. The highest BCUT2D eigenvalue weighted by Gasteiger charge is 2.16. The average molecular weight is 207 g/mol. The summed E-state index contributed by atoms with van der Waals surface area (Å²) < 4.78 is 10.2. The smallest absolute Gasteiger partial charge is 0.243 e. The zero-order valence-electron chi connectivity index (χ0n) is 8.73. The monoisotopic (exact) mass is 207 g/mol. The molecule has 1 atom stereocenters. The maximum absolute atomic E-state index is 5.78. The van der Waals surface area contributed by atoms with Crippen molar-refractivity contribution in [3.8, 4) is 11.4 Å². The van der Waals surface area contributed by atoms with Crippen LogP contribution in [0.3, 0.4) is 0 Å². The molecule has 2 heterocycles. The zero-order chi connectivity index (χ0) is 10.8. The highest BCUT2D eigenvalue weighted by Crippen LogP contribution is 2.22. The number of rotatable bonds is 3. The Morgan fingerprint density at radius 3 is 2.93 bits per heavy atom. The highest BCUT2D eigenvalue weighted by molar-refractivity contribution is 5.56. The van der Waals surface area contributed by atoms with Crippen LogP contribution in [0.4, 0.5) is 0 Å². The van der Waals surface area contributed by atoms with Crippen molar-refractivity contribution in [2.45, 2.75) is 26.3 Å². The predicted octanol–water partition coefficient (Wildman–Crippen LogP) is 2.05. The van der Waals surface area contributed by atoms with Gasteiger partial charge in [-0.25, -0.2) is 0 Å². The quantitative estimate of drug-likeness (QED) is 0.833. The van der Waals surface area contributed by atoms with E-state index in [9.17, 15) is 0 Å². The lowest BCUT2D eigenvalue weighted by atomic mass is 10.2. The Balaban J connectivity index is 2.32. The molecule has 0 radical (unpaired) electrons. The lowest BCUT2D eigenvalue weighted by Gasteiger charge is -1.98. The standard InChI is InChI=1S/C10H13N3O2/c1-3-8(11)10-12-9(13-15-10)7-4-5-14-6(7)2/h4-5,8H,3,11H2,1-2H3/t8-/m0/s1. The molecule has 15 heavy (non-hydrogen) atoms. The molecule has 0 unspecified atom stereocenters. The van der Waals surface area contributed by atoms with Crippen molar-refractivity contribution in [2.24, 2.45) is 5.73 Å². The number of nitrogens with two attached hydrogens (primary N) is 1. The van der Waals surface area contributed by atoms with Crippen molar-refractivity contribution in [1.82, 2.24) is 10.1 Å². The van der Waals surface area contributed by atoms with Gasteiger partial charge in [-0.3, -0.25) is 0 Å². The van der Waals surface area contributed by atoms with Gasteiger partial charge in [0.2, 0.25) is 11.7 Å². The molecule has 2 rings (SSSR count). The molecular formula is C10H13N3O2.